The van der Waals surface area contributed by atoms with Crippen molar-refractivity contribution in [2.24, 2.45) is 11.5 Å². The molecule has 74 valence electrons. The second kappa shape index (κ2) is 4.21. The van der Waals surface area contributed by atoms with Gasteiger partial charge in [0.2, 0.25) is 0 Å². The fourth-order valence-corrected chi connectivity index (χ4v) is 0.795. The van der Waals surface area contributed by atoms with E-state index in [1.165, 1.54) is 0 Å². The SMILES string of the molecule is CCC(C)(N)CNCC(C)(C)N. The molecule has 0 aliphatic carbocycles. The van der Waals surface area contributed by atoms with Crippen LogP contribution in [-0.2, 0) is 0 Å². The minimum atomic E-state index is -0.149. The van der Waals surface area contributed by atoms with Crippen molar-refractivity contribution in [3.63, 3.8) is 0 Å². The lowest BCUT2D eigenvalue weighted by molar-refractivity contribution is 0.383. The number of hydrogen-bond donors (Lipinski definition) is 3. The quantitative estimate of drug-likeness (QED) is 0.565. The molecule has 0 saturated carbocycles. The van der Waals surface area contributed by atoms with Gasteiger partial charge in [-0.15, -0.1) is 0 Å². The van der Waals surface area contributed by atoms with Crippen molar-refractivity contribution in [1.82, 2.24) is 5.32 Å². The molecule has 0 aromatic heterocycles. The first-order valence-electron chi connectivity index (χ1n) is 4.55. The van der Waals surface area contributed by atoms with Crippen molar-refractivity contribution in [3.05, 3.63) is 0 Å². The van der Waals surface area contributed by atoms with E-state index in [-0.39, 0.29) is 11.1 Å². The maximum absolute atomic E-state index is 5.94. The molecule has 0 spiro atoms. The maximum atomic E-state index is 5.94. The number of rotatable bonds is 5. The Labute approximate surface area is 75.9 Å². The average molecular weight is 173 g/mol. The summed E-state index contributed by atoms with van der Waals surface area (Å²) in [7, 11) is 0. The molecule has 0 aliphatic rings. The zero-order valence-corrected chi connectivity index (χ0v) is 8.78. The van der Waals surface area contributed by atoms with Gasteiger partial charge in [-0.1, -0.05) is 6.92 Å². The molecule has 0 saturated heterocycles. The lowest BCUT2D eigenvalue weighted by Crippen LogP contribution is -2.50. The molecule has 5 N–H and O–H groups in total. The summed E-state index contributed by atoms with van der Waals surface area (Å²) < 4.78 is 0. The zero-order chi connectivity index (χ0) is 9.83. The third-order valence-corrected chi connectivity index (χ3v) is 1.92. The maximum Gasteiger partial charge on any atom is 0.0249 e. The standard InChI is InChI=1S/C9H23N3/c1-5-9(4,11)7-12-6-8(2,3)10/h12H,5-7,10-11H2,1-4H3. The van der Waals surface area contributed by atoms with Crippen molar-refractivity contribution < 1.29 is 0 Å². The smallest absolute Gasteiger partial charge is 0.0249 e. The van der Waals surface area contributed by atoms with Crippen molar-refractivity contribution in [3.8, 4) is 0 Å². The van der Waals surface area contributed by atoms with Crippen molar-refractivity contribution in [2.45, 2.75) is 45.2 Å². The number of nitrogens with two attached hydrogens (primary N) is 2. The van der Waals surface area contributed by atoms with Crippen LogP contribution in [0.2, 0.25) is 0 Å². The van der Waals surface area contributed by atoms with Gasteiger partial charge in [0.25, 0.3) is 0 Å². The Morgan fingerprint density at radius 2 is 1.58 bits per heavy atom. The van der Waals surface area contributed by atoms with E-state index in [4.69, 9.17) is 11.5 Å². The molecule has 0 bridgehead atoms. The summed E-state index contributed by atoms with van der Waals surface area (Å²) >= 11 is 0. The van der Waals surface area contributed by atoms with E-state index in [1.807, 2.05) is 20.8 Å². The minimum absolute atomic E-state index is 0.106. The van der Waals surface area contributed by atoms with Crippen molar-refractivity contribution in [2.75, 3.05) is 13.1 Å². The molecular weight excluding hydrogens is 150 g/mol. The molecule has 0 aromatic rings. The van der Waals surface area contributed by atoms with E-state index in [1.54, 1.807) is 0 Å². The summed E-state index contributed by atoms with van der Waals surface area (Å²) in [4.78, 5) is 0. The summed E-state index contributed by atoms with van der Waals surface area (Å²) in [6.07, 6.45) is 0.977. The second-order valence-corrected chi connectivity index (χ2v) is 4.60. The second-order valence-electron chi connectivity index (χ2n) is 4.60. The van der Waals surface area contributed by atoms with Gasteiger partial charge in [-0.05, 0) is 27.2 Å². The molecule has 12 heavy (non-hydrogen) atoms. The molecule has 0 rings (SSSR count). The van der Waals surface area contributed by atoms with Crippen molar-refractivity contribution in [1.29, 1.82) is 0 Å². The highest BCUT2D eigenvalue weighted by atomic mass is 15.0. The Morgan fingerprint density at radius 3 is 1.92 bits per heavy atom. The van der Waals surface area contributed by atoms with Gasteiger partial charge in [0, 0.05) is 24.2 Å². The highest BCUT2D eigenvalue weighted by Crippen LogP contribution is 2.02. The van der Waals surface area contributed by atoms with Gasteiger partial charge in [-0.2, -0.15) is 0 Å². The summed E-state index contributed by atoms with van der Waals surface area (Å²) in [5, 5.41) is 3.27. The lowest BCUT2D eigenvalue weighted by Gasteiger charge is -2.26. The van der Waals surface area contributed by atoms with Gasteiger partial charge in [0.05, 0.1) is 0 Å². The van der Waals surface area contributed by atoms with Crippen LogP contribution >= 0.6 is 0 Å². The summed E-state index contributed by atoms with van der Waals surface area (Å²) in [6.45, 7) is 9.77. The number of nitrogens with one attached hydrogen (secondary N) is 1. The first kappa shape index (κ1) is 11.9. The van der Waals surface area contributed by atoms with Gasteiger partial charge in [0.1, 0.15) is 0 Å². The monoisotopic (exact) mass is 173 g/mol. The van der Waals surface area contributed by atoms with Gasteiger partial charge < -0.3 is 16.8 Å². The van der Waals surface area contributed by atoms with Crippen LogP contribution < -0.4 is 16.8 Å². The third-order valence-electron chi connectivity index (χ3n) is 1.92. The van der Waals surface area contributed by atoms with Gasteiger partial charge >= 0.3 is 0 Å². The minimum Gasteiger partial charge on any atom is -0.324 e. The predicted molar refractivity (Wildman–Crippen MR) is 54.0 cm³/mol. The van der Waals surface area contributed by atoms with Crippen LogP contribution in [0.5, 0.6) is 0 Å². The summed E-state index contributed by atoms with van der Waals surface area (Å²) in [5.74, 6) is 0. The van der Waals surface area contributed by atoms with Crippen LogP contribution in [0.15, 0.2) is 0 Å². The highest BCUT2D eigenvalue weighted by Gasteiger charge is 2.16. The van der Waals surface area contributed by atoms with E-state index in [2.05, 4.69) is 12.2 Å². The Balaban J connectivity index is 3.57. The van der Waals surface area contributed by atoms with Crippen molar-refractivity contribution >= 4 is 0 Å². The van der Waals surface area contributed by atoms with Crippen LogP contribution in [0, 0.1) is 0 Å². The molecule has 3 nitrogen and oxygen atoms in total. The van der Waals surface area contributed by atoms with E-state index in [9.17, 15) is 0 Å². The van der Waals surface area contributed by atoms with Crippen LogP contribution in [0.25, 0.3) is 0 Å². The van der Waals surface area contributed by atoms with Crippen LogP contribution in [-0.4, -0.2) is 24.2 Å². The average Bonchev–Trinajstić information content (AvgIpc) is 1.84. The normalized spacial score (nSPS) is 17.5. The molecule has 3 heteroatoms. The van der Waals surface area contributed by atoms with Crippen LogP contribution in [0.1, 0.15) is 34.1 Å². The first-order chi connectivity index (χ1) is 5.27. The Kier molecular flexibility index (Phi) is 4.17. The zero-order valence-electron chi connectivity index (χ0n) is 8.78. The lowest BCUT2D eigenvalue weighted by atomic mass is 10.00. The van der Waals surface area contributed by atoms with Gasteiger partial charge in [-0.3, -0.25) is 0 Å². The van der Waals surface area contributed by atoms with E-state index in [0.29, 0.717) is 0 Å². The molecular formula is C9H23N3. The molecule has 1 unspecified atom stereocenters. The number of hydrogen-bond acceptors (Lipinski definition) is 3. The van der Waals surface area contributed by atoms with Crippen LogP contribution in [0.4, 0.5) is 0 Å². The molecule has 1 atom stereocenters. The third kappa shape index (κ3) is 6.58. The summed E-state index contributed by atoms with van der Waals surface area (Å²) in [5.41, 5.74) is 11.5. The van der Waals surface area contributed by atoms with Crippen LogP contribution in [0.3, 0.4) is 0 Å². The fourth-order valence-electron chi connectivity index (χ4n) is 0.795. The fraction of sp³-hybridized carbons (Fsp3) is 1.00. The highest BCUT2D eigenvalue weighted by molar-refractivity contribution is 4.82. The molecule has 0 heterocycles. The predicted octanol–water partition coefficient (Wildman–Crippen LogP) is 0.441. The van der Waals surface area contributed by atoms with Gasteiger partial charge in [0.15, 0.2) is 0 Å². The molecule has 0 fully saturated rings. The molecule has 0 radical (unpaired) electrons. The Bertz CT molecular complexity index is 124. The van der Waals surface area contributed by atoms with E-state index in [0.717, 1.165) is 19.5 Å². The van der Waals surface area contributed by atoms with Gasteiger partial charge in [-0.25, -0.2) is 0 Å². The Morgan fingerprint density at radius 1 is 1.08 bits per heavy atom. The molecule has 0 aromatic carbocycles. The van der Waals surface area contributed by atoms with E-state index < -0.39 is 0 Å². The largest absolute Gasteiger partial charge is 0.324 e. The molecule has 0 amide bonds. The molecule has 0 aliphatic heterocycles. The first-order valence-corrected chi connectivity index (χ1v) is 4.55. The van der Waals surface area contributed by atoms with E-state index >= 15 is 0 Å². The summed E-state index contributed by atoms with van der Waals surface area (Å²) in [6, 6.07) is 0. The Hall–Kier alpha value is -0.120. The topological polar surface area (TPSA) is 64.1 Å².